The minimum absolute atomic E-state index is 0.220. The number of hydrogen-bond acceptors (Lipinski definition) is 5. The molecule has 1 aromatic heterocycles. The molecule has 1 heterocycles. The van der Waals surface area contributed by atoms with Gasteiger partial charge in [0.1, 0.15) is 17.9 Å². The molecule has 12 heteroatoms. The number of sulfonamides is 1. The van der Waals surface area contributed by atoms with E-state index in [0.29, 0.717) is 17.9 Å². The van der Waals surface area contributed by atoms with Crippen molar-refractivity contribution >= 4 is 33.1 Å². The highest BCUT2D eigenvalue weighted by Gasteiger charge is 2.31. The van der Waals surface area contributed by atoms with E-state index in [1.54, 1.807) is 12.1 Å². The molecule has 1 aromatic carbocycles. The van der Waals surface area contributed by atoms with Gasteiger partial charge >= 0.3 is 6.18 Å². The molecule has 0 aliphatic heterocycles. The Morgan fingerprint density at radius 1 is 1.34 bits per heavy atom. The summed E-state index contributed by atoms with van der Waals surface area (Å²) in [6.07, 6.45) is -1.62. The zero-order valence-corrected chi connectivity index (χ0v) is 16.5. The number of hydrogen-bond donors (Lipinski definition) is 2. The van der Waals surface area contributed by atoms with Crippen LogP contribution in [0.25, 0.3) is 5.82 Å². The van der Waals surface area contributed by atoms with E-state index in [9.17, 15) is 21.6 Å². The standard InChI is InChI=1S/C17H16ClF3N4O3S/c1-3-11(17(19,20)21)8-14(18)16(22)25-10-23-9-15(25)29(26,27)24-12-4-6-13(28-2)7-5-12/h3-10,24H,1,22H2,2H3/b11-8+,16-14-. The molecule has 156 valence electrons. The number of methoxy groups -OCH3 is 1. The fourth-order valence-electron chi connectivity index (χ4n) is 2.11. The van der Waals surface area contributed by atoms with Gasteiger partial charge in [0.05, 0.1) is 23.9 Å². The molecule has 0 saturated carbocycles. The Balaban J connectivity index is 2.42. The molecule has 0 unspecified atom stereocenters. The lowest BCUT2D eigenvalue weighted by Gasteiger charge is -2.13. The number of benzene rings is 1. The molecular formula is C17H16ClF3N4O3S. The smallest absolute Gasteiger partial charge is 0.416 e. The molecule has 0 fully saturated rings. The molecule has 0 aliphatic carbocycles. The third kappa shape index (κ3) is 5.33. The van der Waals surface area contributed by atoms with Gasteiger partial charge in [-0.15, -0.1) is 0 Å². The Labute approximate surface area is 170 Å². The Hall–Kier alpha value is -2.92. The summed E-state index contributed by atoms with van der Waals surface area (Å²) >= 11 is 5.87. The summed E-state index contributed by atoms with van der Waals surface area (Å²) < 4.78 is 72.0. The van der Waals surface area contributed by atoms with Gasteiger partial charge in [-0.1, -0.05) is 24.3 Å². The maximum Gasteiger partial charge on any atom is 0.416 e. The van der Waals surface area contributed by atoms with Gasteiger partial charge in [0.25, 0.3) is 10.0 Å². The van der Waals surface area contributed by atoms with E-state index in [1.165, 1.54) is 19.2 Å². The molecular weight excluding hydrogens is 433 g/mol. The fraction of sp³-hybridized carbons (Fsp3) is 0.118. The van der Waals surface area contributed by atoms with Gasteiger partial charge < -0.3 is 10.5 Å². The van der Waals surface area contributed by atoms with E-state index in [0.717, 1.165) is 17.1 Å². The van der Waals surface area contributed by atoms with Crippen LogP contribution in [-0.2, 0) is 10.0 Å². The third-order valence-corrected chi connectivity index (χ3v) is 5.22. The van der Waals surface area contributed by atoms with Crippen LogP contribution in [0.4, 0.5) is 18.9 Å². The molecule has 2 rings (SSSR count). The van der Waals surface area contributed by atoms with Crippen LogP contribution in [0.2, 0.25) is 0 Å². The molecule has 29 heavy (non-hydrogen) atoms. The first-order chi connectivity index (χ1) is 13.5. The van der Waals surface area contributed by atoms with Gasteiger partial charge in [0.15, 0.2) is 5.03 Å². The number of rotatable bonds is 7. The molecule has 0 bridgehead atoms. The monoisotopic (exact) mass is 448 g/mol. The van der Waals surface area contributed by atoms with Crippen LogP contribution in [-0.4, -0.2) is 31.3 Å². The summed E-state index contributed by atoms with van der Waals surface area (Å²) in [6.45, 7) is 3.07. The summed E-state index contributed by atoms with van der Waals surface area (Å²) in [4.78, 5) is 3.70. The predicted molar refractivity (Wildman–Crippen MR) is 104 cm³/mol. The van der Waals surface area contributed by atoms with Crippen LogP contribution < -0.4 is 15.2 Å². The van der Waals surface area contributed by atoms with E-state index < -0.39 is 37.7 Å². The maximum absolute atomic E-state index is 12.9. The minimum Gasteiger partial charge on any atom is -0.497 e. The van der Waals surface area contributed by atoms with Gasteiger partial charge in [-0.3, -0.25) is 9.29 Å². The van der Waals surface area contributed by atoms with Crippen LogP contribution in [0.5, 0.6) is 5.75 Å². The number of ether oxygens (including phenoxy) is 1. The molecule has 2 aromatic rings. The van der Waals surface area contributed by atoms with Crippen LogP contribution in [0.15, 0.2) is 71.2 Å². The lowest BCUT2D eigenvalue weighted by Crippen LogP contribution is -2.19. The zero-order chi connectivity index (χ0) is 21.8. The minimum atomic E-state index is -4.71. The summed E-state index contributed by atoms with van der Waals surface area (Å²) in [5.41, 5.74) is 4.85. The lowest BCUT2D eigenvalue weighted by atomic mass is 10.2. The second-order valence-corrected chi connectivity index (χ2v) is 7.51. The van der Waals surface area contributed by atoms with Crippen molar-refractivity contribution in [2.75, 3.05) is 11.8 Å². The van der Waals surface area contributed by atoms with Gasteiger partial charge in [-0.25, -0.2) is 4.98 Å². The van der Waals surface area contributed by atoms with Crippen molar-refractivity contribution < 1.29 is 26.3 Å². The highest BCUT2D eigenvalue weighted by atomic mass is 35.5. The van der Waals surface area contributed by atoms with Crippen molar-refractivity contribution in [3.05, 3.63) is 66.1 Å². The second kappa shape index (κ2) is 8.62. The third-order valence-electron chi connectivity index (χ3n) is 3.56. The van der Waals surface area contributed by atoms with Crippen LogP contribution in [0.1, 0.15) is 0 Å². The molecule has 0 spiro atoms. The summed E-state index contributed by atoms with van der Waals surface area (Å²) in [7, 11) is -2.73. The van der Waals surface area contributed by atoms with Crippen molar-refractivity contribution in [2.24, 2.45) is 5.73 Å². The van der Waals surface area contributed by atoms with Crippen molar-refractivity contribution in [1.29, 1.82) is 0 Å². The van der Waals surface area contributed by atoms with Crippen LogP contribution in [0, 0.1) is 0 Å². The van der Waals surface area contributed by atoms with E-state index in [4.69, 9.17) is 22.1 Å². The molecule has 0 atom stereocenters. The molecule has 0 saturated heterocycles. The van der Waals surface area contributed by atoms with Crippen molar-refractivity contribution in [3.8, 4) is 5.75 Å². The number of alkyl halides is 3. The van der Waals surface area contributed by atoms with Crippen molar-refractivity contribution in [3.63, 3.8) is 0 Å². The summed E-state index contributed by atoms with van der Waals surface area (Å²) in [6, 6.07) is 6.01. The highest BCUT2D eigenvalue weighted by molar-refractivity contribution is 7.92. The lowest BCUT2D eigenvalue weighted by molar-refractivity contribution is -0.0881. The molecule has 7 nitrogen and oxygen atoms in total. The predicted octanol–water partition coefficient (Wildman–Crippen LogP) is 3.69. The number of allylic oxidation sites excluding steroid dienone is 4. The zero-order valence-electron chi connectivity index (χ0n) is 14.9. The van der Waals surface area contributed by atoms with E-state index in [1.807, 2.05) is 0 Å². The largest absolute Gasteiger partial charge is 0.497 e. The van der Waals surface area contributed by atoms with Gasteiger partial charge in [-0.2, -0.15) is 21.6 Å². The molecule has 0 amide bonds. The molecule has 0 aliphatic rings. The highest BCUT2D eigenvalue weighted by Crippen LogP contribution is 2.29. The Morgan fingerprint density at radius 3 is 2.48 bits per heavy atom. The summed E-state index contributed by atoms with van der Waals surface area (Å²) in [5, 5.41) is -0.972. The van der Waals surface area contributed by atoms with Gasteiger partial charge in [0.2, 0.25) is 0 Å². The number of halogens is 4. The van der Waals surface area contributed by atoms with Crippen LogP contribution >= 0.6 is 11.6 Å². The number of nitrogens with two attached hydrogens (primary N) is 1. The SMILES string of the molecule is C=C/C(=C\C(Cl)=C(/N)n1cncc1S(=O)(=O)Nc1ccc(OC)cc1)C(F)(F)F. The average Bonchev–Trinajstić information content (AvgIpc) is 3.15. The number of aromatic nitrogens is 2. The normalized spacial score (nSPS) is 13.6. The summed E-state index contributed by atoms with van der Waals surface area (Å²) in [5.74, 6) is 0.0503. The fourth-order valence-corrected chi connectivity index (χ4v) is 3.47. The molecule has 3 N–H and O–H groups in total. The van der Waals surface area contributed by atoms with Gasteiger partial charge in [0, 0.05) is 5.69 Å². The number of imidazole rings is 1. The quantitative estimate of drug-likeness (QED) is 0.629. The first-order valence-corrected chi connectivity index (χ1v) is 9.62. The first-order valence-electron chi connectivity index (χ1n) is 7.75. The van der Waals surface area contributed by atoms with Crippen molar-refractivity contribution in [1.82, 2.24) is 9.55 Å². The average molecular weight is 449 g/mol. The van der Waals surface area contributed by atoms with E-state index in [-0.39, 0.29) is 5.69 Å². The van der Waals surface area contributed by atoms with E-state index in [2.05, 4.69) is 16.3 Å². The van der Waals surface area contributed by atoms with Crippen LogP contribution in [0.3, 0.4) is 0 Å². The van der Waals surface area contributed by atoms with Gasteiger partial charge in [-0.05, 0) is 30.3 Å². The number of nitrogens with one attached hydrogen (secondary N) is 1. The first kappa shape index (κ1) is 22.4. The van der Waals surface area contributed by atoms with Crippen molar-refractivity contribution in [2.45, 2.75) is 11.2 Å². The Morgan fingerprint density at radius 2 is 1.97 bits per heavy atom. The number of nitrogens with zero attached hydrogens (tertiary/aromatic N) is 2. The number of anilines is 1. The Bertz CT molecular complexity index is 1060. The topological polar surface area (TPSA) is 99.2 Å². The molecule has 0 radical (unpaired) electrons. The second-order valence-electron chi connectivity index (χ2n) is 5.47. The Kier molecular flexibility index (Phi) is 6.65. The van der Waals surface area contributed by atoms with E-state index >= 15 is 0 Å². The maximum atomic E-state index is 12.9.